The van der Waals surface area contributed by atoms with Gasteiger partial charge in [-0.05, 0) is 36.8 Å². The van der Waals surface area contributed by atoms with Gasteiger partial charge in [0.25, 0.3) is 5.91 Å². The SMILES string of the molecule is Cc1ccc(SCCNC(=O)c2ccc(CSc3ncn[nH]3)cc2)cc1. The lowest BCUT2D eigenvalue weighted by Crippen LogP contribution is -2.25. The molecule has 7 heteroatoms. The van der Waals surface area contributed by atoms with Crippen LogP contribution in [0.5, 0.6) is 0 Å². The van der Waals surface area contributed by atoms with Gasteiger partial charge < -0.3 is 5.32 Å². The summed E-state index contributed by atoms with van der Waals surface area (Å²) in [6, 6.07) is 16.1. The van der Waals surface area contributed by atoms with Crippen LogP contribution in [0.4, 0.5) is 0 Å². The first-order valence-electron chi connectivity index (χ1n) is 8.25. The van der Waals surface area contributed by atoms with Gasteiger partial charge in [0, 0.05) is 28.5 Å². The summed E-state index contributed by atoms with van der Waals surface area (Å²) in [5, 5.41) is 10.4. The Kier molecular flexibility index (Phi) is 6.74. The van der Waals surface area contributed by atoms with Crippen molar-refractivity contribution in [3.63, 3.8) is 0 Å². The molecule has 0 aliphatic carbocycles. The summed E-state index contributed by atoms with van der Waals surface area (Å²) in [7, 11) is 0. The van der Waals surface area contributed by atoms with Crippen molar-refractivity contribution in [2.45, 2.75) is 22.7 Å². The van der Waals surface area contributed by atoms with Crippen molar-refractivity contribution in [2.75, 3.05) is 12.3 Å². The smallest absolute Gasteiger partial charge is 0.251 e. The Morgan fingerprint density at radius 1 is 1.08 bits per heavy atom. The average Bonchev–Trinajstić information content (AvgIpc) is 3.19. The third-order valence-electron chi connectivity index (χ3n) is 3.66. The van der Waals surface area contributed by atoms with Crippen LogP contribution in [0.25, 0.3) is 0 Å². The quantitative estimate of drug-likeness (QED) is 0.455. The molecule has 0 atom stereocenters. The first kappa shape index (κ1) is 18.5. The van der Waals surface area contributed by atoms with Crippen LogP contribution >= 0.6 is 23.5 Å². The molecule has 2 N–H and O–H groups in total. The van der Waals surface area contributed by atoms with E-state index in [0.717, 1.165) is 22.2 Å². The fourth-order valence-electron chi connectivity index (χ4n) is 2.24. The topological polar surface area (TPSA) is 70.7 Å². The fourth-order valence-corrected chi connectivity index (χ4v) is 3.74. The minimum absolute atomic E-state index is 0.0380. The van der Waals surface area contributed by atoms with Crippen molar-refractivity contribution in [1.29, 1.82) is 0 Å². The number of H-pyrrole nitrogens is 1. The maximum Gasteiger partial charge on any atom is 0.251 e. The summed E-state index contributed by atoms with van der Waals surface area (Å²) in [6.45, 7) is 2.72. The number of rotatable bonds is 8. The number of aryl methyl sites for hydroxylation is 1. The highest BCUT2D eigenvalue weighted by atomic mass is 32.2. The summed E-state index contributed by atoms with van der Waals surface area (Å²) in [6.07, 6.45) is 1.49. The van der Waals surface area contributed by atoms with Crippen LogP contribution in [-0.4, -0.2) is 33.4 Å². The molecule has 3 aromatic rings. The largest absolute Gasteiger partial charge is 0.351 e. The second-order valence-corrected chi connectivity index (χ2v) is 7.83. The maximum atomic E-state index is 12.2. The van der Waals surface area contributed by atoms with Gasteiger partial charge in [-0.2, -0.15) is 5.10 Å². The van der Waals surface area contributed by atoms with E-state index in [1.165, 1.54) is 16.8 Å². The molecule has 0 radical (unpaired) electrons. The zero-order valence-corrected chi connectivity index (χ0v) is 16.1. The van der Waals surface area contributed by atoms with Gasteiger partial charge in [-0.15, -0.1) is 11.8 Å². The predicted octanol–water partition coefficient (Wildman–Crippen LogP) is 3.93. The molecule has 0 saturated heterocycles. The number of aromatic nitrogens is 3. The zero-order chi connectivity index (χ0) is 18.2. The molecular formula is C19H20N4OS2. The van der Waals surface area contributed by atoms with Gasteiger partial charge in [0.15, 0.2) is 5.16 Å². The van der Waals surface area contributed by atoms with E-state index in [-0.39, 0.29) is 5.91 Å². The van der Waals surface area contributed by atoms with Crippen LogP contribution in [0, 0.1) is 6.92 Å². The molecule has 2 aromatic carbocycles. The van der Waals surface area contributed by atoms with E-state index in [1.807, 2.05) is 24.3 Å². The lowest BCUT2D eigenvalue weighted by Gasteiger charge is -2.06. The second-order valence-electron chi connectivity index (χ2n) is 5.69. The minimum Gasteiger partial charge on any atom is -0.351 e. The summed E-state index contributed by atoms with van der Waals surface area (Å²) in [5.41, 5.74) is 3.07. The van der Waals surface area contributed by atoms with Crippen LogP contribution in [0.2, 0.25) is 0 Å². The molecule has 134 valence electrons. The molecule has 5 nitrogen and oxygen atoms in total. The molecule has 26 heavy (non-hydrogen) atoms. The van der Waals surface area contributed by atoms with E-state index < -0.39 is 0 Å². The van der Waals surface area contributed by atoms with Gasteiger partial charge in [0.1, 0.15) is 6.33 Å². The third kappa shape index (κ3) is 5.64. The van der Waals surface area contributed by atoms with Crippen LogP contribution in [0.1, 0.15) is 21.5 Å². The molecule has 0 bridgehead atoms. The molecule has 0 spiro atoms. The second kappa shape index (κ2) is 9.45. The molecular weight excluding hydrogens is 364 g/mol. The molecule has 0 aliphatic heterocycles. The highest BCUT2D eigenvalue weighted by Gasteiger charge is 2.05. The van der Waals surface area contributed by atoms with Crippen molar-refractivity contribution in [2.24, 2.45) is 0 Å². The number of hydrogen-bond acceptors (Lipinski definition) is 5. The van der Waals surface area contributed by atoms with Crippen molar-refractivity contribution >= 4 is 29.4 Å². The molecule has 1 amide bonds. The van der Waals surface area contributed by atoms with Gasteiger partial charge in [0.2, 0.25) is 0 Å². The number of thioether (sulfide) groups is 2. The van der Waals surface area contributed by atoms with Crippen LogP contribution in [0.3, 0.4) is 0 Å². The number of carbonyl (C=O) groups is 1. The van der Waals surface area contributed by atoms with Crippen LogP contribution in [-0.2, 0) is 5.75 Å². The Labute approximate surface area is 161 Å². The van der Waals surface area contributed by atoms with Gasteiger partial charge in [0.05, 0.1) is 0 Å². The third-order valence-corrected chi connectivity index (χ3v) is 5.62. The maximum absolute atomic E-state index is 12.2. The lowest BCUT2D eigenvalue weighted by molar-refractivity contribution is 0.0956. The van der Waals surface area contributed by atoms with Gasteiger partial charge in [-0.25, -0.2) is 4.98 Å². The fraction of sp³-hybridized carbons (Fsp3) is 0.211. The highest BCUT2D eigenvalue weighted by Crippen LogP contribution is 2.19. The number of carbonyl (C=O) groups excluding carboxylic acids is 1. The van der Waals surface area contributed by atoms with Crippen LogP contribution in [0.15, 0.2) is 64.9 Å². The van der Waals surface area contributed by atoms with E-state index in [2.05, 4.69) is 51.7 Å². The Morgan fingerprint density at radius 2 is 1.85 bits per heavy atom. The molecule has 1 heterocycles. The number of aromatic amines is 1. The van der Waals surface area contributed by atoms with Crippen molar-refractivity contribution < 1.29 is 4.79 Å². The standard InChI is InChI=1S/C19H20N4OS2/c1-14-2-8-17(9-3-14)25-11-10-20-18(24)16-6-4-15(5-7-16)12-26-19-21-13-22-23-19/h2-9,13H,10-12H2,1H3,(H,20,24)(H,21,22,23). The van der Waals surface area contributed by atoms with Gasteiger partial charge >= 0.3 is 0 Å². The molecule has 3 rings (SSSR count). The van der Waals surface area contributed by atoms with E-state index >= 15 is 0 Å². The van der Waals surface area contributed by atoms with E-state index in [1.54, 1.807) is 23.5 Å². The van der Waals surface area contributed by atoms with E-state index in [0.29, 0.717) is 12.1 Å². The number of nitrogens with one attached hydrogen (secondary N) is 2. The zero-order valence-electron chi connectivity index (χ0n) is 14.4. The van der Waals surface area contributed by atoms with E-state index in [9.17, 15) is 4.79 Å². The van der Waals surface area contributed by atoms with Crippen LogP contribution < -0.4 is 5.32 Å². The van der Waals surface area contributed by atoms with Crippen molar-refractivity contribution in [1.82, 2.24) is 20.5 Å². The molecule has 1 aromatic heterocycles. The monoisotopic (exact) mass is 384 g/mol. The minimum atomic E-state index is -0.0380. The normalized spacial score (nSPS) is 10.7. The van der Waals surface area contributed by atoms with Gasteiger partial charge in [-0.3, -0.25) is 9.89 Å². The van der Waals surface area contributed by atoms with E-state index in [4.69, 9.17) is 0 Å². The lowest BCUT2D eigenvalue weighted by atomic mass is 10.1. The Bertz CT molecular complexity index is 818. The Balaban J connectivity index is 1.40. The Hall–Kier alpha value is -2.25. The molecule has 0 unspecified atom stereocenters. The molecule has 0 aliphatic rings. The Morgan fingerprint density at radius 3 is 2.54 bits per heavy atom. The first-order valence-corrected chi connectivity index (χ1v) is 10.2. The number of benzene rings is 2. The number of amides is 1. The summed E-state index contributed by atoms with van der Waals surface area (Å²) < 4.78 is 0. The first-order chi connectivity index (χ1) is 12.7. The highest BCUT2D eigenvalue weighted by molar-refractivity contribution is 7.99. The number of hydrogen-bond donors (Lipinski definition) is 2. The van der Waals surface area contributed by atoms with Crippen molar-refractivity contribution in [3.8, 4) is 0 Å². The summed E-state index contributed by atoms with van der Waals surface area (Å²) in [5.74, 6) is 1.59. The van der Waals surface area contributed by atoms with Gasteiger partial charge in [-0.1, -0.05) is 41.6 Å². The number of nitrogens with zero attached hydrogens (tertiary/aromatic N) is 2. The summed E-state index contributed by atoms with van der Waals surface area (Å²) in [4.78, 5) is 17.5. The molecule has 0 saturated carbocycles. The average molecular weight is 385 g/mol. The summed E-state index contributed by atoms with van der Waals surface area (Å²) >= 11 is 3.32. The molecule has 0 fully saturated rings. The van der Waals surface area contributed by atoms with Crippen molar-refractivity contribution in [3.05, 3.63) is 71.5 Å². The predicted molar refractivity (Wildman–Crippen MR) is 107 cm³/mol.